The van der Waals surface area contributed by atoms with Gasteiger partial charge in [-0.3, -0.25) is 0 Å². The van der Waals surface area contributed by atoms with Crippen LogP contribution in [0.25, 0.3) is 0 Å². The molecule has 0 aromatic heterocycles. The van der Waals surface area contributed by atoms with Gasteiger partial charge in [0, 0.05) is 12.6 Å². The lowest BCUT2D eigenvalue weighted by Gasteiger charge is -2.30. The van der Waals surface area contributed by atoms with Gasteiger partial charge < -0.3 is 14.7 Å². The molecule has 0 aliphatic carbocycles. The average Bonchev–Trinajstić information content (AvgIpc) is 2.34. The SMILES string of the molecule is CN(C(=O)OCc1ccc(CO)cc1)C(C)(C)C. The van der Waals surface area contributed by atoms with Crippen molar-refractivity contribution >= 4 is 6.09 Å². The number of benzene rings is 1. The number of hydrogen-bond acceptors (Lipinski definition) is 3. The maximum Gasteiger partial charge on any atom is 0.410 e. The van der Waals surface area contributed by atoms with Gasteiger partial charge in [0.15, 0.2) is 0 Å². The van der Waals surface area contributed by atoms with E-state index in [1.807, 2.05) is 45.0 Å². The van der Waals surface area contributed by atoms with Crippen LogP contribution in [0.15, 0.2) is 24.3 Å². The van der Waals surface area contributed by atoms with E-state index in [2.05, 4.69) is 0 Å². The van der Waals surface area contributed by atoms with Gasteiger partial charge in [-0.25, -0.2) is 4.79 Å². The second-order valence-electron chi connectivity index (χ2n) is 5.26. The van der Waals surface area contributed by atoms with Crippen molar-refractivity contribution in [3.8, 4) is 0 Å². The number of amides is 1. The molecule has 0 spiro atoms. The molecule has 0 radical (unpaired) electrons. The van der Waals surface area contributed by atoms with Crippen LogP contribution in [0.5, 0.6) is 0 Å². The van der Waals surface area contributed by atoms with Crippen molar-refractivity contribution in [3.05, 3.63) is 35.4 Å². The topological polar surface area (TPSA) is 49.8 Å². The molecular formula is C14H21NO3. The molecule has 100 valence electrons. The molecule has 0 saturated heterocycles. The summed E-state index contributed by atoms with van der Waals surface area (Å²) in [4.78, 5) is 13.3. The van der Waals surface area contributed by atoms with Crippen LogP contribution in [-0.4, -0.2) is 28.7 Å². The van der Waals surface area contributed by atoms with Gasteiger partial charge in [0.25, 0.3) is 0 Å². The molecule has 0 aliphatic heterocycles. The number of carbonyl (C=O) groups is 1. The van der Waals surface area contributed by atoms with E-state index in [1.165, 1.54) is 0 Å². The fourth-order valence-electron chi connectivity index (χ4n) is 1.26. The van der Waals surface area contributed by atoms with Crippen molar-refractivity contribution in [2.24, 2.45) is 0 Å². The van der Waals surface area contributed by atoms with Crippen molar-refractivity contribution < 1.29 is 14.6 Å². The van der Waals surface area contributed by atoms with E-state index in [-0.39, 0.29) is 24.8 Å². The molecule has 1 aromatic carbocycles. The molecular weight excluding hydrogens is 230 g/mol. The van der Waals surface area contributed by atoms with Crippen LogP contribution in [0.1, 0.15) is 31.9 Å². The lowest BCUT2D eigenvalue weighted by Crippen LogP contribution is -2.42. The Bertz CT molecular complexity index is 392. The second kappa shape index (κ2) is 5.87. The minimum Gasteiger partial charge on any atom is -0.445 e. The summed E-state index contributed by atoms with van der Waals surface area (Å²) in [6, 6.07) is 7.32. The molecule has 4 nitrogen and oxygen atoms in total. The van der Waals surface area contributed by atoms with Gasteiger partial charge in [0.05, 0.1) is 6.61 Å². The van der Waals surface area contributed by atoms with E-state index in [9.17, 15) is 4.79 Å². The highest BCUT2D eigenvalue weighted by Gasteiger charge is 2.23. The fourth-order valence-corrected chi connectivity index (χ4v) is 1.26. The number of carbonyl (C=O) groups excluding carboxylic acids is 1. The Kier molecular flexibility index (Phi) is 4.73. The molecule has 0 bridgehead atoms. The number of nitrogens with zero attached hydrogens (tertiary/aromatic N) is 1. The standard InChI is InChI=1S/C14H21NO3/c1-14(2,3)15(4)13(17)18-10-12-7-5-11(9-16)6-8-12/h5-8,16H,9-10H2,1-4H3. The molecule has 0 saturated carbocycles. The van der Waals surface area contributed by atoms with Gasteiger partial charge in [-0.05, 0) is 31.9 Å². The lowest BCUT2D eigenvalue weighted by atomic mass is 10.1. The summed E-state index contributed by atoms with van der Waals surface area (Å²) in [5.41, 5.74) is 1.50. The number of aliphatic hydroxyl groups excluding tert-OH is 1. The number of hydrogen-bond donors (Lipinski definition) is 1. The highest BCUT2D eigenvalue weighted by atomic mass is 16.6. The fraction of sp³-hybridized carbons (Fsp3) is 0.500. The largest absolute Gasteiger partial charge is 0.445 e. The molecule has 1 amide bonds. The second-order valence-corrected chi connectivity index (χ2v) is 5.26. The molecule has 1 aromatic rings. The Morgan fingerprint density at radius 3 is 2.17 bits per heavy atom. The molecule has 18 heavy (non-hydrogen) atoms. The average molecular weight is 251 g/mol. The molecule has 0 heterocycles. The van der Waals surface area contributed by atoms with Gasteiger partial charge in [-0.1, -0.05) is 24.3 Å². The van der Waals surface area contributed by atoms with Gasteiger partial charge >= 0.3 is 6.09 Å². The highest BCUT2D eigenvalue weighted by molar-refractivity contribution is 5.68. The van der Waals surface area contributed by atoms with Crippen LogP contribution in [0.4, 0.5) is 4.79 Å². The van der Waals surface area contributed by atoms with Crippen molar-refractivity contribution in [2.45, 2.75) is 39.5 Å². The first-order valence-corrected chi connectivity index (χ1v) is 5.94. The first-order chi connectivity index (χ1) is 8.34. The molecule has 1 N–H and O–H groups in total. The first-order valence-electron chi connectivity index (χ1n) is 5.94. The summed E-state index contributed by atoms with van der Waals surface area (Å²) in [6.45, 7) is 6.11. The predicted molar refractivity (Wildman–Crippen MR) is 70.1 cm³/mol. The first kappa shape index (κ1) is 14.5. The number of rotatable bonds is 3. The van der Waals surface area contributed by atoms with Crippen LogP contribution >= 0.6 is 0 Å². The normalized spacial score (nSPS) is 11.2. The van der Waals surface area contributed by atoms with Gasteiger partial charge in [0.1, 0.15) is 6.61 Å². The van der Waals surface area contributed by atoms with Crippen LogP contribution in [-0.2, 0) is 18.0 Å². The predicted octanol–water partition coefficient (Wildman–Crippen LogP) is 2.55. The van der Waals surface area contributed by atoms with Crippen molar-refractivity contribution in [2.75, 3.05) is 7.05 Å². The minimum absolute atomic E-state index is 0.0207. The summed E-state index contributed by atoms with van der Waals surface area (Å²) >= 11 is 0. The van der Waals surface area contributed by atoms with Crippen molar-refractivity contribution in [3.63, 3.8) is 0 Å². The van der Waals surface area contributed by atoms with E-state index >= 15 is 0 Å². The van der Waals surface area contributed by atoms with E-state index in [1.54, 1.807) is 11.9 Å². The third-order valence-electron chi connectivity index (χ3n) is 2.85. The minimum atomic E-state index is -0.339. The van der Waals surface area contributed by atoms with Crippen LogP contribution in [0.2, 0.25) is 0 Å². The van der Waals surface area contributed by atoms with Gasteiger partial charge in [-0.2, -0.15) is 0 Å². The Balaban J connectivity index is 2.52. The summed E-state index contributed by atoms with van der Waals surface area (Å²) < 4.78 is 5.21. The smallest absolute Gasteiger partial charge is 0.410 e. The van der Waals surface area contributed by atoms with Gasteiger partial charge in [-0.15, -0.1) is 0 Å². The molecule has 4 heteroatoms. The monoisotopic (exact) mass is 251 g/mol. The maximum absolute atomic E-state index is 11.7. The Labute approximate surface area is 108 Å². The van der Waals surface area contributed by atoms with E-state index in [4.69, 9.17) is 9.84 Å². The molecule has 0 aliphatic rings. The third kappa shape index (κ3) is 4.04. The lowest BCUT2D eigenvalue weighted by molar-refractivity contribution is 0.0759. The van der Waals surface area contributed by atoms with E-state index in [0.717, 1.165) is 11.1 Å². The Hall–Kier alpha value is -1.55. The van der Waals surface area contributed by atoms with Crippen molar-refractivity contribution in [1.82, 2.24) is 4.90 Å². The van der Waals surface area contributed by atoms with Crippen molar-refractivity contribution in [1.29, 1.82) is 0 Å². The zero-order valence-electron chi connectivity index (χ0n) is 11.4. The molecule has 1 rings (SSSR count). The molecule has 0 fully saturated rings. The van der Waals surface area contributed by atoms with E-state index < -0.39 is 0 Å². The summed E-state index contributed by atoms with van der Waals surface area (Å²) in [5.74, 6) is 0. The van der Waals surface area contributed by atoms with Crippen LogP contribution in [0, 0.1) is 0 Å². The van der Waals surface area contributed by atoms with Crippen LogP contribution < -0.4 is 0 Å². The third-order valence-corrected chi connectivity index (χ3v) is 2.85. The van der Waals surface area contributed by atoms with Gasteiger partial charge in [0.2, 0.25) is 0 Å². The molecule has 0 atom stereocenters. The summed E-state index contributed by atoms with van der Waals surface area (Å²) in [7, 11) is 1.72. The Morgan fingerprint density at radius 1 is 1.22 bits per heavy atom. The highest BCUT2D eigenvalue weighted by Crippen LogP contribution is 2.13. The maximum atomic E-state index is 11.7. The zero-order valence-corrected chi connectivity index (χ0v) is 11.4. The number of aliphatic hydroxyl groups is 1. The zero-order chi connectivity index (χ0) is 13.8. The summed E-state index contributed by atoms with van der Waals surface area (Å²) in [5, 5.41) is 8.92. The molecule has 0 unspecified atom stereocenters. The number of ether oxygens (including phenoxy) is 1. The van der Waals surface area contributed by atoms with Crippen LogP contribution in [0.3, 0.4) is 0 Å². The van der Waals surface area contributed by atoms with E-state index in [0.29, 0.717) is 0 Å². The summed E-state index contributed by atoms with van der Waals surface area (Å²) in [6.07, 6.45) is -0.339. The Morgan fingerprint density at radius 2 is 1.72 bits per heavy atom. The quantitative estimate of drug-likeness (QED) is 0.898.